The monoisotopic (exact) mass is 195 g/mol. The largest absolute Gasteiger partial charge is 0.393 e. The minimum absolute atomic E-state index is 0.0610. The van der Waals surface area contributed by atoms with Crippen LogP contribution in [0.2, 0.25) is 0 Å². The Morgan fingerprint density at radius 1 is 1.21 bits per heavy atom. The van der Waals surface area contributed by atoms with Gasteiger partial charge in [-0.15, -0.1) is 0 Å². The molecule has 0 amide bonds. The zero-order chi connectivity index (χ0) is 9.76. The average Bonchev–Trinajstić information content (AvgIpc) is 2.71. The van der Waals surface area contributed by atoms with Gasteiger partial charge in [-0.3, -0.25) is 0 Å². The standard InChI is InChI=1S/C12H21NO/c13-11-8-3-4-9(6-8)12(11)5-1-2-10(14)7-12/h8-11,14H,1-7,13H2/t8-,9+,10+,11-,12?/m1/s1. The van der Waals surface area contributed by atoms with Gasteiger partial charge < -0.3 is 10.8 Å². The molecule has 2 bridgehead atoms. The fraction of sp³-hybridized carbons (Fsp3) is 1.00. The highest BCUT2D eigenvalue weighted by Crippen LogP contribution is 2.60. The van der Waals surface area contributed by atoms with Gasteiger partial charge in [-0.05, 0) is 55.8 Å². The van der Waals surface area contributed by atoms with Gasteiger partial charge in [-0.25, -0.2) is 0 Å². The SMILES string of the molecule is N[C@@H]1[C@@H]2CC[C@@H](C2)C12CCC[C@H](O)C2. The van der Waals surface area contributed by atoms with E-state index in [2.05, 4.69) is 0 Å². The first kappa shape index (κ1) is 9.17. The molecule has 80 valence electrons. The molecule has 0 aromatic heterocycles. The molecule has 3 aliphatic rings. The lowest BCUT2D eigenvalue weighted by Gasteiger charge is -2.46. The van der Waals surface area contributed by atoms with E-state index in [1.54, 1.807) is 0 Å². The summed E-state index contributed by atoms with van der Waals surface area (Å²) in [6, 6.07) is 0.399. The van der Waals surface area contributed by atoms with E-state index in [9.17, 15) is 5.11 Å². The Labute approximate surface area is 85.9 Å². The van der Waals surface area contributed by atoms with Crippen LogP contribution in [0.3, 0.4) is 0 Å². The van der Waals surface area contributed by atoms with Crippen LogP contribution >= 0.6 is 0 Å². The van der Waals surface area contributed by atoms with Crippen LogP contribution < -0.4 is 5.73 Å². The van der Waals surface area contributed by atoms with Gasteiger partial charge in [0.1, 0.15) is 0 Å². The van der Waals surface area contributed by atoms with Gasteiger partial charge in [0, 0.05) is 6.04 Å². The van der Waals surface area contributed by atoms with Crippen molar-refractivity contribution >= 4 is 0 Å². The molecule has 0 saturated heterocycles. The van der Waals surface area contributed by atoms with Crippen molar-refractivity contribution in [2.75, 3.05) is 0 Å². The highest BCUT2D eigenvalue weighted by molar-refractivity contribution is 5.10. The van der Waals surface area contributed by atoms with Crippen molar-refractivity contribution in [1.82, 2.24) is 0 Å². The predicted octanol–water partition coefficient (Wildman–Crippen LogP) is 1.66. The van der Waals surface area contributed by atoms with Crippen molar-refractivity contribution < 1.29 is 5.11 Å². The number of hydrogen-bond donors (Lipinski definition) is 2. The second kappa shape index (κ2) is 2.96. The summed E-state index contributed by atoms with van der Waals surface area (Å²) in [5.41, 5.74) is 6.73. The Bertz CT molecular complexity index is 238. The van der Waals surface area contributed by atoms with Crippen LogP contribution in [-0.2, 0) is 0 Å². The third-order valence-electron chi connectivity index (χ3n) is 5.25. The summed E-state index contributed by atoms with van der Waals surface area (Å²) in [5, 5.41) is 9.83. The molecule has 3 fully saturated rings. The number of aliphatic hydroxyl groups is 1. The molecule has 2 nitrogen and oxygen atoms in total. The first-order chi connectivity index (χ1) is 6.72. The zero-order valence-electron chi connectivity index (χ0n) is 8.78. The fourth-order valence-electron chi connectivity index (χ4n) is 4.59. The smallest absolute Gasteiger partial charge is 0.0546 e. The van der Waals surface area contributed by atoms with Crippen molar-refractivity contribution in [1.29, 1.82) is 0 Å². The molecule has 0 aromatic rings. The van der Waals surface area contributed by atoms with E-state index in [1.807, 2.05) is 0 Å². The minimum atomic E-state index is -0.0610. The Morgan fingerprint density at radius 3 is 2.71 bits per heavy atom. The summed E-state index contributed by atoms with van der Waals surface area (Å²) < 4.78 is 0. The summed E-state index contributed by atoms with van der Waals surface area (Å²) in [6.45, 7) is 0. The first-order valence-electron chi connectivity index (χ1n) is 6.16. The van der Waals surface area contributed by atoms with Crippen LogP contribution in [0.25, 0.3) is 0 Å². The van der Waals surface area contributed by atoms with E-state index in [4.69, 9.17) is 5.73 Å². The molecular formula is C12H21NO. The van der Waals surface area contributed by atoms with Crippen LogP contribution in [-0.4, -0.2) is 17.3 Å². The molecule has 1 unspecified atom stereocenters. The number of fused-ring (bicyclic) bond motifs is 3. The van der Waals surface area contributed by atoms with Gasteiger partial charge in [-0.1, -0.05) is 6.42 Å². The van der Waals surface area contributed by atoms with Crippen LogP contribution in [0.5, 0.6) is 0 Å². The van der Waals surface area contributed by atoms with E-state index in [-0.39, 0.29) is 6.10 Å². The maximum atomic E-state index is 9.83. The molecule has 0 aliphatic heterocycles. The molecular weight excluding hydrogens is 174 g/mol. The molecule has 3 aliphatic carbocycles. The molecule has 3 N–H and O–H groups in total. The van der Waals surface area contributed by atoms with Crippen LogP contribution in [0, 0.1) is 17.3 Å². The van der Waals surface area contributed by atoms with Gasteiger partial charge >= 0.3 is 0 Å². The maximum absolute atomic E-state index is 9.83. The number of hydrogen-bond acceptors (Lipinski definition) is 2. The molecule has 0 radical (unpaired) electrons. The van der Waals surface area contributed by atoms with E-state index < -0.39 is 0 Å². The Morgan fingerprint density at radius 2 is 2.07 bits per heavy atom. The van der Waals surface area contributed by atoms with E-state index in [0.717, 1.165) is 24.7 Å². The van der Waals surface area contributed by atoms with E-state index in [1.165, 1.54) is 32.1 Å². The maximum Gasteiger partial charge on any atom is 0.0546 e. The minimum Gasteiger partial charge on any atom is -0.393 e. The molecule has 5 atom stereocenters. The van der Waals surface area contributed by atoms with E-state index in [0.29, 0.717) is 11.5 Å². The third kappa shape index (κ3) is 1.04. The summed E-state index contributed by atoms with van der Waals surface area (Å²) in [5.74, 6) is 1.63. The molecule has 2 heteroatoms. The first-order valence-corrected chi connectivity index (χ1v) is 6.16. The van der Waals surface area contributed by atoms with Crippen molar-refractivity contribution in [3.63, 3.8) is 0 Å². The Kier molecular flexibility index (Phi) is 1.94. The average molecular weight is 195 g/mol. The van der Waals surface area contributed by atoms with Crippen LogP contribution in [0.15, 0.2) is 0 Å². The van der Waals surface area contributed by atoms with Crippen molar-refractivity contribution in [3.8, 4) is 0 Å². The predicted molar refractivity (Wildman–Crippen MR) is 55.7 cm³/mol. The second-order valence-electron chi connectivity index (χ2n) is 5.78. The van der Waals surface area contributed by atoms with Crippen molar-refractivity contribution in [2.45, 2.75) is 57.1 Å². The summed E-state index contributed by atoms with van der Waals surface area (Å²) in [7, 11) is 0. The topological polar surface area (TPSA) is 46.2 Å². The summed E-state index contributed by atoms with van der Waals surface area (Å²) in [6.07, 6.45) is 8.50. The van der Waals surface area contributed by atoms with Gasteiger partial charge in [0.25, 0.3) is 0 Å². The normalized spacial score (nSPS) is 57.0. The lowest BCUT2D eigenvalue weighted by molar-refractivity contribution is -0.00106. The van der Waals surface area contributed by atoms with Crippen molar-refractivity contribution in [3.05, 3.63) is 0 Å². The lowest BCUT2D eigenvalue weighted by atomic mass is 9.61. The second-order valence-corrected chi connectivity index (χ2v) is 5.78. The fourth-order valence-corrected chi connectivity index (χ4v) is 4.59. The summed E-state index contributed by atoms with van der Waals surface area (Å²) in [4.78, 5) is 0. The molecule has 14 heavy (non-hydrogen) atoms. The Hall–Kier alpha value is -0.0800. The molecule has 3 rings (SSSR count). The third-order valence-corrected chi connectivity index (χ3v) is 5.25. The van der Waals surface area contributed by atoms with Crippen molar-refractivity contribution in [2.24, 2.45) is 23.0 Å². The Balaban J connectivity index is 1.87. The number of aliphatic hydroxyl groups excluding tert-OH is 1. The molecule has 0 heterocycles. The zero-order valence-corrected chi connectivity index (χ0v) is 8.78. The molecule has 0 aromatic carbocycles. The van der Waals surface area contributed by atoms with Gasteiger partial charge in [0.15, 0.2) is 0 Å². The van der Waals surface area contributed by atoms with Gasteiger partial charge in [0.05, 0.1) is 6.10 Å². The molecule has 3 saturated carbocycles. The lowest BCUT2D eigenvalue weighted by Crippen LogP contribution is -2.49. The summed E-state index contributed by atoms with van der Waals surface area (Å²) >= 11 is 0. The quantitative estimate of drug-likeness (QED) is 0.617. The van der Waals surface area contributed by atoms with Crippen LogP contribution in [0.1, 0.15) is 44.9 Å². The number of rotatable bonds is 0. The van der Waals surface area contributed by atoms with Gasteiger partial charge in [-0.2, -0.15) is 0 Å². The highest BCUT2D eigenvalue weighted by Gasteiger charge is 2.57. The van der Waals surface area contributed by atoms with Gasteiger partial charge in [0.2, 0.25) is 0 Å². The molecule has 1 spiro atoms. The van der Waals surface area contributed by atoms with E-state index >= 15 is 0 Å². The number of nitrogens with two attached hydrogens (primary N) is 1. The van der Waals surface area contributed by atoms with Crippen LogP contribution in [0.4, 0.5) is 0 Å². The highest BCUT2D eigenvalue weighted by atomic mass is 16.3.